The van der Waals surface area contributed by atoms with Crippen molar-refractivity contribution in [2.45, 2.75) is 39.2 Å². The van der Waals surface area contributed by atoms with Gasteiger partial charge in [0.25, 0.3) is 0 Å². The second kappa shape index (κ2) is 3.63. The Bertz CT molecular complexity index is 292. The van der Waals surface area contributed by atoms with Crippen molar-refractivity contribution in [3.8, 4) is 0 Å². The molecular weight excluding hydrogens is 192 g/mol. The topological polar surface area (TPSA) is 38.9 Å². The Morgan fingerprint density at radius 1 is 1.64 bits per heavy atom. The molecule has 1 aliphatic rings. The first-order chi connectivity index (χ1) is 6.61. The largest absolute Gasteiger partial charge is 0.323 e. The molecular formula is C11H18N2S. The Kier molecular flexibility index (Phi) is 2.62. The first-order valence-electron chi connectivity index (χ1n) is 5.27. The minimum Gasteiger partial charge on any atom is -0.323 e. The summed E-state index contributed by atoms with van der Waals surface area (Å²) < 4.78 is 4.12. The Labute approximate surface area is 89.7 Å². The third kappa shape index (κ3) is 1.71. The Balaban J connectivity index is 2.16. The number of nitrogens with zero attached hydrogens (tertiary/aromatic N) is 1. The molecule has 1 aromatic rings. The second-order valence-corrected chi connectivity index (χ2v) is 5.79. The van der Waals surface area contributed by atoms with E-state index in [9.17, 15) is 0 Å². The molecule has 0 saturated heterocycles. The molecule has 1 aliphatic carbocycles. The first kappa shape index (κ1) is 10.1. The molecule has 2 rings (SSSR count). The van der Waals surface area contributed by atoms with Crippen LogP contribution in [0.3, 0.4) is 0 Å². The number of rotatable bonds is 2. The first-order valence-corrected chi connectivity index (χ1v) is 6.05. The summed E-state index contributed by atoms with van der Waals surface area (Å²) in [6.45, 7) is 4.68. The van der Waals surface area contributed by atoms with Crippen LogP contribution in [0.2, 0.25) is 0 Å². The second-order valence-electron chi connectivity index (χ2n) is 4.93. The molecule has 0 aliphatic heterocycles. The monoisotopic (exact) mass is 210 g/mol. The molecule has 1 heterocycles. The maximum Gasteiger partial charge on any atom is 0.0439 e. The minimum atomic E-state index is 0.194. The highest BCUT2D eigenvalue weighted by Crippen LogP contribution is 2.48. The lowest BCUT2D eigenvalue weighted by atomic mass is 9.77. The zero-order valence-electron chi connectivity index (χ0n) is 8.86. The van der Waals surface area contributed by atoms with E-state index in [1.807, 2.05) is 6.20 Å². The lowest BCUT2D eigenvalue weighted by Crippen LogP contribution is -2.28. The number of hydrogen-bond acceptors (Lipinski definition) is 3. The summed E-state index contributed by atoms with van der Waals surface area (Å²) in [6.07, 6.45) is 5.75. The molecule has 1 saturated carbocycles. The molecule has 0 amide bonds. The fraction of sp³-hybridized carbons (Fsp3) is 0.727. The maximum absolute atomic E-state index is 6.29. The van der Waals surface area contributed by atoms with Crippen LogP contribution < -0.4 is 5.73 Å². The SMILES string of the molecule is CC1(C)CCCC1C(N)c1ccns1. The molecule has 0 spiro atoms. The molecule has 14 heavy (non-hydrogen) atoms. The Morgan fingerprint density at radius 2 is 2.43 bits per heavy atom. The Hall–Kier alpha value is -0.410. The van der Waals surface area contributed by atoms with Crippen molar-refractivity contribution in [2.75, 3.05) is 0 Å². The zero-order valence-corrected chi connectivity index (χ0v) is 9.68. The maximum atomic E-state index is 6.29. The van der Waals surface area contributed by atoms with Crippen molar-refractivity contribution in [1.29, 1.82) is 0 Å². The Morgan fingerprint density at radius 3 is 2.93 bits per heavy atom. The van der Waals surface area contributed by atoms with Crippen LogP contribution >= 0.6 is 11.5 Å². The van der Waals surface area contributed by atoms with Gasteiger partial charge in [-0.3, -0.25) is 0 Å². The van der Waals surface area contributed by atoms with Crippen molar-refractivity contribution in [3.05, 3.63) is 17.1 Å². The summed E-state index contributed by atoms with van der Waals surface area (Å²) >= 11 is 1.54. The highest BCUT2D eigenvalue weighted by Gasteiger charge is 2.38. The van der Waals surface area contributed by atoms with Crippen LogP contribution in [0.15, 0.2) is 12.3 Å². The average molecular weight is 210 g/mol. The smallest absolute Gasteiger partial charge is 0.0439 e. The van der Waals surface area contributed by atoms with Crippen molar-refractivity contribution in [3.63, 3.8) is 0 Å². The van der Waals surface area contributed by atoms with Crippen LogP contribution in [-0.4, -0.2) is 4.37 Å². The van der Waals surface area contributed by atoms with E-state index in [0.29, 0.717) is 11.3 Å². The average Bonchev–Trinajstić information content (AvgIpc) is 2.71. The van der Waals surface area contributed by atoms with E-state index in [1.54, 1.807) is 11.5 Å². The van der Waals surface area contributed by atoms with Gasteiger partial charge in [0, 0.05) is 17.1 Å². The highest BCUT2D eigenvalue weighted by atomic mass is 32.1. The van der Waals surface area contributed by atoms with Crippen molar-refractivity contribution in [1.82, 2.24) is 4.37 Å². The van der Waals surface area contributed by atoms with Gasteiger partial charge in [0.05, 0.1) is 0 Å². The third-order valence-corrected chi connectivity index (χ3v) is 4.41. The predicted molar refractivity (Wildman–Crippen MR) is 60.2 cm³/mol. The van der Waals surface area contributed by atoms with Crippen molar-refractivity contribution < 1.29 is 0 Å². The van der Waals surface area contributed by atoms with E-state index >= 15 is 0 Å². The van der Waals surface area contributed by atoms with Crippen LogP contribution in [0, 0.1) is 11.3 Å². The van der Waals surface area contributed by atoms with Gasteiger partial charge in [-0.2, -0.15) is 0 Å². The molecule has 0 radical (unpaired) electrons. The van der Waals surface area contributed by atoms with E-state index in [2.05, 4.69) is 24.3 Å². The lowest BCUT2D eigenvalue weighted by molar-refractivity contribution is 0.224. The van der Waals surface area contributed by atoms with Crippen LogP contribution in [0.4, 0.5) is 0 Å². The molecule has 3 heteroatoms. The van der Waals surface area contributed by atoms with E-state index in [1.165, 1.54) is 24.1 Å². The predicted octanol–water partition coefficient (Wildman–Crippen LogP) is 2.97. The fourth-order valence-corrected chi connectivity index (χ4v) is 3.27. The van der Waals surface area contributed by atoms with Crippen molar-refractivity contribution >= 4 is 11.5 Å². The molecule has 0 aromatic carbocycles. The molecule has 2 atom stereocenters. The van der Waals surface area contributed by atoms with Gasteiger partial charge in [-0.15, -0.1) is 0 Å². The number of hydrogen-bond donors (Lipinski definition) is 1. The summed E-state index contributed by atoms with van der Waals surface area (Å²) in [5.41, 5.74) is 6.70. The number of aromatic nitrogens is 1. The third-order valence-electron chi connectivity index (χ3n) is 3.56. The van der Waals surface area contributed by atoms with Crippen LogP contribution in [0.25, 0.3) is 0 Å². The normalized spacial score (nSPS) is 27.8. The standard InChI is InChI=1S/C11H18N2S/c1-11(2)6-3-4-8(11)10(12)9-5-7-13-14-9/h5,7-8,10H,3-4,6,12H2,1-2H3. The van der Waals surface area contributed by atoms with Crippen LogP contribution in [0.5, 0.6) is 0 Å². The van der Waals surface area contributed by atoms with E-state index < -0.39 is 0 Å². The summed E-state index contributed by atoms with van der Waals surface area (Å²) in [6, 6.07) is 2.25. The quantitative estimate of drug-likeness (QED) is 0.815. The van der Waals surface area contributed by atoms with Gasteiger partial charge >= 0.3 is 0 Å². The molecule has 0 bridgehead atoms. The van der Waals surface area contributed by atoms with E-state index in [4.69, 9.17) is 5.73 Å². The van der Waals surface area contributed by atoms with Gasteiger partial charge in [-0.1, -0.05) is 20.3 Å². The summed E-state index contributed by atoms with van der Waals surface area (Å²) in [7, 11) is 0. The van der Waals surface area contributed by atoms with Gasteiger partial charge in [0.2, 0.25) is 0 Å². The van der Waals surface area contributed by atoms with Gasteiger partial charge in [0.15, 0.2) is 0 Å². The zero-order chi connectivity index (χ0) is 10.2. The summed E-state index contributed by atoms with van der Waals surface area (Å²) in [5, 5.41) is 0. The van der Waals surface area contributed by atoms with Gasteiger partial charge in [-0.25, -0.2) is 4.37 Å². The fourth-order valence-electron chi connectivity index (χ4n) is 2.62. The summed E-state index contributed by atoms with van der Waals surface area (Å²) in [5.74, 6) is 0.628. The highest BCUT2D eigenvalue weighted by molar-refractivity contribution is 7.05. The molecule has 2 nitrogen and oxygen atoms in total. The van der Waals surface area contributed by atoms with Gasteiger partial charge < -0.3 is 5.73 Å². The van der Waals surface area contributed by atoms with Crippen LogP contribution in [-0.2, 0) is 0 Å². The molecule has 2 N–H and O–H groups in total. The lowest BCUT2D eigenvalue weighted by Gasteiger charge is -2.31. The van der Waals surface area contributed by atoms with Crippen LogP contribution in [0.1, 0.15) is 44.0 Å². The van der Waals surface area contributed by atoms with Gasteiger partial charge in [-0.05, 0) is 41.8 Å². The van der Waals surface area contributed by atoms with E-state index in [-0.39, 0.29) is 6.04 Å². The summed E-state index contributed by atoms with van der Waals surface area (Å²) in [4.78, 5) is 1.24. The molecule has 1 fully saturated rings. The minimum absolute atomic E-state index is 0.194. The van der Waals surface area contributed by atoms with E-state index in [0.717, 1.165) is 0 Å². The molecule has 2 unspecified atom stereocenters. The molecule has 78 valence electrons. The molecule has 1 aromatic heterocycles. The van der Waals surface area contributed by atoms with Crippen molar-refractivity contribution in [2.24, 2.45) is 17.1 Å². The number of nitrogens with two attached hydrogens (primary N) is 1. The van der Waals surface area contributed by atoms with Gasteiger partial charge in [0.1, 0.15) is 0 Å².